The molecule has 0 bridgehead atoms. The second-order valence-electron chi connectivity index (χ2n) is 2.79. The van der Waals surface area contributed by atoms with E-state index in [9.17, 15) is 4.79 Å². The van der Waals surface area contributed by atoms with Crippen LogP contribution in [0.1, 0.15) is 10.4 Å². The first-order valence-electron chi connectivity index (χ1n) is 4.09. The molecule has 0 aliphatic rings. The fourth-order valence-electron chi connectivity index (χ4n) is 1.07. The van der Waals surface area contributed by atoms with Crippen molar-refractivity contribution in [2.75, 3.05) is 13.7 Å². The standard InChI is InChI=1S/C10H13NO2/c1-13-7-9(11)10(12)8-5-3-2-4-6-8/h2-6,9H,7,11H2,1H3. The van der Waals surface area contributed by atoms with Crippen molar-refractivity contribution >= 4 is 5.78 Å². The van der Waals surface area contributed by atoms with Gasteiger partial charge in [-0.25, -0.2) is 0 Å². The second-order valence-corrected chi connectivity index (χ2v) is 2.79. The number of nitrogens with two attached hydrogens (primary N) is 1. The number of Topliss-reactive ketones (excluding diaryl/α,β-unsaturated/α-hetero) is 1. The van der Waals surface area contributed by atoms with Crippen molar-refractivity contribution in [1.29, 1.82) is 0 Å². The maximum Gasteiger partial charge on any atom is 0.181 e. The normalized spacial score (nSPS) is 12.5. The van der Waals surface area contributed by atoms with E-state index in [1.807, 2.05) is 18.2 Å². The lowest BCUT2D eigenvalue weighted by Crippen LogP contribution is -2.34. The highest BCUT2D eigenvalue weighted by Gasteiger charge is 2.14. The average Bonchev–Trinajstić information content (AvgIpc) is 2.18. The summed E-state index contributed by atoms with van der Waals surface area (Å²) in [5.74, 6) is -0.0811. The molecule has 0 aliphatic carbocycles. The Morgan fingerprint density at radius 1 is 1.46 bits per heavy atom. The van der Waals surface area contributed by atoms with Gasteiger partial charge in [-0.2, -0.15) is 0 Å². The summed E-state index contributed by atoms with van der Waals surface area (Å²) in [7, 11) is 1.53. The highest BCUT2D eigenvalue weighted by atomic mass is 16.5. The Morgan fingerprint density at radius 2 is 2.08 bits per heavy atom. The maximum atomic E-state index is 11.5. The number of carbonyl (C=O) groups is 1. The molecule has 3 heteroatoms. The van der Waals surface area contributed by atoms with Gasteiger partial charge < -0.3 is 10.5 Å². The first-order valence-corrected chi connectivity index (χ1v) is 4.09. The smallest absolute Gasteiger partial charge is 0.181 e. The van der Waals surface area contributed by atoms with Crippen molar-refractivity contribution in [1.82, 2.24) is 0 Å². The van der Waals surface area contributed by atoms with Crippen LogP contribution in [0.25, 0.3) is 0 Å². The summed E-state index contributed by atoms with van der Waals surface area (Å²) in [6.07, 6.45) is 0. The van der Waals surface area contributed by atoms with Crippen molar-refractivity contribution < 1.29 is 9.53 Å². The van der Waals surface area contributed by atoms with E-state index in [0.29, 0.717) is 5.56 Å². The monoisotopic (exact) mass is 179 g/mol. The van der Waals surface area contributed by atoms with Gasteiger partial charge in [0.05, 0.1) is 12.6 Å². The minimum atomic E-state index is -0.563. The van der Waals surface area contributed by atoms with E-state index in [2.05, 4.69) is 0 Å². The van der Waals surface area contributed by atoms with Crippen LogP contribution in [0.15, 0.2) is 30.3 Å². The zero-order chi connectivity index (χ0) is 9.68. The molecule has 1 rings (SSSR count). The van der Waals surface area contributed by atoms with E-state index in [0.717, 1.165) is 0 Å². The van der Waals surface area contributed by atoms with Crippen LogP contribution in [0.2, 0.25) is 0 Å². The molecule has 0 spiro atoms. The first kappa shape index (κ1) is 9.89. The van der Waals surface area contributed by atoms with Crippen LogP contribution in [0.3, 0.4) is 0 Å². The minimum Gasteiger partial charge on any atom is -0.383 e. The fourth-order valence-corrected chi connectivity index (χ4v) is 1.07. The largest absolute Gasteiger partial charge is 0.383 e. The average molecular weight is 179 g/mol. The predicted molar refractivity (Wildman–Crippen MR) is 50.6 cm³/mol. The third-order valence-electron chi connectivity index (χ3n) is 1.74. The van der Waals surface area contributed by atoms with Gasteiger partial charge in [0.2, 0.25) is 0 Å². The summed E-state index contributed by atoms with van der Waals surface area (Å²) in [6.45, 7) is 0.258. The molecule has 1 aromatic rings. The molecule has 2 N–H and O–H groups in total. The van der Waals surface area contributed by atoms with Gasteiger partial charge in [-0.05, 0) is 0 Å². The zero-order valence-electron chi connectivity index (χ0n) is 7.57. The molecular weight excluding hydrogens is 166 g/mol. The Hall–Kier alpha value is -1.19. The highest BCUT2D eigenvalue weighted by Crippen LogP contribution is 2.02. The molecule has 0 radical (unpaired) electrons. The van der Waals surface area contributed by atoms with E-state index in [4.69, 9.17) is 10.5 Å². The molecule has 3 nitrogen and oxygen atoms in total. The molecule has 13 heavy (non-hydrogen) atoms. The van der Waals surface area contributed by atoms with Crippen LogP contribution in [0.4, 0.5) is 0 Å². The number of hydrogen-bond acceptors (Lipinski definition) is 3. The summed E-state index contributed by atoms with van der Waals surface area (Å²) >= 11 is 0. The molecule has 1 atom stereocenters. The summed E-state index contributed by atoms with van der Waals surface area (Å²) in [5, 5.41) is 0. The van der Waals surface area contributed by atoms with Crippen molar-refractivity contribution in [3.05, 3.63) is 35.9 Å². The van der Waals surface area contributed by atoms with Gasteiger partial charge >= 0.3 is 0 Å². The van der Waals surface area contributed by atoms with E-state index >= 15 is 0 Å². The Bertz CT molecular complexity index is 272. The van der Waals surface area contributed by atoms with E-state index in [1.165, 1.54) is 7.11 Å². The number of rotatable bonds is 4. The van der Waals surface area contributed by atoms with Crippen molar-refractivity contribution in [3.8, 4) is 0 Å². The molecule has 0 amide bonds. The van der Waals surface area contributed by atoms with E-state index in [-0.39, 0.29) is 12.4 Å². The lowest BCUT2D eigenvalue weighted by molar-refractivity contribution is 0.0892. The molecule has 1 aromatic carbocycles. The van der Waals surface area contributed by atoms with Gasteiger partial charge in [0.25, 0.3) is 0 Å². The van der Waals surface area contributed by atoms with Crippen LogP contribution >= 0.6 is 0 Å². The molecular formula is C10H13NO2. The van der Waals surface area contributed by atoms with Crippen LogP contribution in [0.5, 0.6) is 0 Å². The number of carbonyl (C=O) groups excluding carboxylic acids is 1. The third kappa shape index (κ3) is 2.65. The van der Waals surface area contributed by atoms with Crippen LogP contribution in [-0.4, -0.2) is 25.5 Å². The minimum absolute atomic E-state index is 0.0811. The Kier molecular flexibility index (Phi) is 3.61. The second kappa shape index (κ2) is 4.74. The Morgan fingerprint density at radius 3 is 2.62 bits per heavy atom. The molecule has 1 unspecified atom stereocenters. The predicted octanol–water partition coefficient (Wildman–Crippen LogP) is 0.843. The number of hydrogen-bond donors (Lipinski definition) is 1. The maximum absolute atomic E-state index is 11.5. The van der Waals surface area contributed by atoms with E-state index in [1.54, 1.807) is 12.1 Å². The lowest BCUT2D eigenvalue weighted by Gasteiger charge is -2.08. The number of ketones is 1. The summed E-state index contributed by atoms with van der Waals surface area (Å²) in [4.78, 5) is 11.5. The van der Waals surface area contributed by atoms with Crippen molar-refractivity contribution in [2.45, 2.75) is 6.04 Å². The molecule has 0 saturated heterocycles. The summed E-state index contributed by atoms with van der Waals surface area (Å²) in [6, 6.07) is 8.42. The Balaban J connectivity index is 2.68. The van der Waals surface area contributed by atoms with Crippen molar-refractivity contribution in [2.24, 2.45) is 5.73 Å². The molecule has 0 aromatic heterocycles. The lowest BCUT2D eigenvalue weighted by atomic mass is 10.1. The molecule has 0 aliphatic heterocycles. The molecule has 70 valence electrons. The number of methoxy groups -OCH3 is 1. The summed E-state index contributed by atoms with van der Waals surface area (Å²) in [5.41, 5.74) is 6.22. The topological polar surface area (TPSA) is 52.3 Å². The highest BCUT2D eigenvalue weighted by molar-refractivity contribution is 5.99. The van der Waals surface area contributed by atoms with Gasteiger partial charge in [0, 0.05) is 12.7 Å². The van der Waals surface area contributed by atoms with Crippen LogP contribution < -0.4 is 5.73 Å². The number of benzene rings is 1. The fraction of sp³-hybridized carbons (Fsp3) is 0.300. The molecule has 0 heterocycles. The Labute approximate surface area is 77.5 Å². The summed E-state index contributed by atoms with van der Waals surface area (Å²) < 4.78 is 4.80. The first-order chi connectivity index (χ1) is 6.25. The van der Waals surface area contributed by atoms with Gasteiger partial charge in [-0.15, -0.1) is 0 Å². The molecule has 0 fully saturated rings. The van der Waals surface area contributed by atoms with Gasteiger partial charge in [0.15, 0.2) is 5.78 Å². The number of ether oxygens (including phenoxy) is 1. The molecule has 0 saturated carbocycles. The van der Waals surface area contributed by atoms with Crippen LogP contribution in [-0.2, 0) is 4.74 Å². The van der Waals surface area contributed by atoms with Gasteiger partial charge in [0.1, 0.15) is 0 Å². The zero-order valence-corrected chi connectivity index (χ0v) is 7.57. The van der Waals surface area contributed by atoms with Gasteiger partial charge in [-0.1, -0.05) is 30.3 Å². The van der Waals surface area contributed by atoms with Crippen LogP contribution in [0, 0.1) is 0 Å². The van der Waals surface area contributed by atoms with Gasteiger partial charge in [-0.3, -0.25) is 4.79 Å². The van der Waals surface area contributed by atoms with Crippen molar-refractivity contribution in [3.63, 3.8) is 0 Å². The van der Waals surface area contributed by atoms with E-state index < -0.39 is 6.04 Å². The third-order valence-corrected chi connectivity index (χ3v) is 1.74. The SMILES string of the molecule is COCC(N)C(=O)c1ccccc1. The quantitative estimate of drug-likeness (QED) is 0.697.